The monoisotopic (exact) mass is 325 g/mol. The average molecular weight is 325 g/mol. The van der Waals surface area contributed by atoms with Gasteiger partial charge in [0.1, 0.15) is 5.82 Å². The molecule has 0 radical (unpaired) electrons. The van der Waals surface area contributed by atoms with Crippen LogP contribution in [0.1, 0.15) is 30.0 Å². The number of rotatable bonds is 4. The van der Waals surface area contributed by atoms with E-state index in [1.165, 1.54) is 0 Å². The third-order valence-corrected chi connectivity index (χ3v) is 4.32. The predicted octanol–water partition coefficient (Wildman–Crippen LogP) is 2.59. The number of pyridine rings is 2. The summed E-state index contributed by atoms with van der Waals surface area (Å²) in [5, 5.41) is 3.01. The van der Waals surface area contributed by atoms with Gasteiger partial charge >= 0.3 is 6.03 Å². The summed E-state index contributed by atoms with van der Waals surface area (Å²) in [5.41, 5.74) is 2.14. The number of amides is 2. The Morgan fingerprint density at radius 1 is 1.29 bits per heavy atom. The number of hydrogen-bond acceptors (Lipinski definition) is 4. The summed E-state index contributed by atoms with van der Waals surface area (Å²) in [4.78, 5) is 24.8. The van der Waals surface area contributed by atoms with Crippen LogP contribution in [-0.4, -0.2) is 41.5 Å². The number of nitrogens with one attached hydrogen (secondary N) is 1. The van der Waals surface area contributed by atoms with Gasteiger partial charge in [-0.2, -0.15) is 0 Å². The zero-order valence-corrected chi connectivity index (χ0v) is 14.1. The molecule has 2 aromatic rings. The molecule has 0 saturated carbocycles. The number of nitrogens with zero attached hydrogens (tertiary/aromatic N) is 4. The first-order valence-electron chi connectivity index (χ1n) is 8.22. The van der Waals surface area contributed by atoms with E-state index >= 15 is 0 Å². The van der Waals surface area contributed by atoms with Crippen LogP contribution in [0.4, 0.5) is 10.6 Å². The first-order chi connectivity index (χ1) is 11.6. The van der Waals surface area contributed by atoms with Crippen molar-refractivity contribution >= 4 is 11.8 Å². The molecule has 24 heavy (non-hydrogen) atoms. The van der Waals surface area contributed by atoms with Crippen molar-refractivity contribution < 1.29 is 4.79 Å². The fraction of sp³-hybridized carbons (Fsp3) is 0.389. The first kappa shape index (κ1) is 16.2. The van der Waals surface area contributed by atoms with Crippen molar-refractivity contribution in [3.05, 3.63) is 54.0 Å². The molecule has 0 bridgehead atoms. The molecule has 3 heterocycles. The lowest BCUT2D eigenvalue weighted by atomic mass is 10.1. The number of likely N-dealkylation sites (tertiary alicyclic amines) is 1. The molecule has 6 heteroatoms. The van der Waals surface area contributed by atoms with Crippen molar-refractivity contribution in [3.63, 3.8) is 0 Å². The minimum Gasteiger partial charge on any atom is -0.363 e. The number of urea groups is 1. The van der Waals surface area contributed by atoms with Crippen LogP contribution in [0.25, 0.3) is 0 Å². The molecule has 126 valence electrons. The molecule has 2 aromatic heterocycles. The second-order valence-electron chi connectivity index (χ2n) is 6.21. The van der Waals surface area contributed by atoms with Gasteiger partial charge in [0, 0.05) is 45.8 Å². The predicted molar refractivity (Wildman–Crippen MR) is 93.7 cm³/mol. The van der Waals surface area contributed by atoms with Crippen LogP contribution in [0.5, 0.6) is 0 Å². The minimum atomic E-state index is -0.0222. The first-order valence-corrected chi connectivity index (χ1v) is 8.22. The van der Waals surface area contributed by atoms with Crippen molar-refractivity contribution in [1.29, 1.82) is 0 Å². The second kappa shape index (κ2) is 7.29. The molecule has 0 spiro atoms. The van der Waals surface area contributed by atoms with Crippen molar-refractivity contribution in [3.8, 4) is 0 Å². The fourth-order valence-electron chi connectivity index (χ4n) is 3.01. The lowest BCUT2D eigenvalue weighted by molar-refractivity contribution is 0.192. The van der Waals surface area contributed by atoms with E-state index in [1.54, 1.807) is 18.6 Å². The van der Waals surface area contributed by atoms with Crippen LogP contribution >= 0.6 is 0 Å². The Hall–Kier alpha value is -2.63. The van der Waals surface area contributed by atoms with Crippen LogP contribution in [0.15, 0.2) is 42.9 Å². The van der Waals surface area contributed by atoms with Gasteiger partial charge in [0.15, 0.2) is 0 Å². The zero-order chi connectivity index (χ0) is 16.9. The van der Waals surface area contributed by atoms with Gasteiger partial charge in [0.2, 0.25) is 0 Å². The van der Waals surface area contributed by atoms with Gasteiger partial charge in [0.05, 0.1) is 6.04 Å². The van der Waals surface area contributed by atoms with E-state index in [0.717, 1.165) is 36.3 Å². The number of carbonyl (C=O) groups is 1. The summed E-state index contributed by atoms with van der Waals surface area (Å²) < 4.78 is 0. The van der Waals surface area contributed by atoms with E-state index in [1.807, 2.05) is 48.2 Å². The molecule has 1 atom stereocenters. The Kier molecular flexibility index (Phi) is 4.93. The Morgan fingerprint density at radius 2 is 2.08 bits per heavy atom. The lowest BCUT2D eigenvalue weighted by Crippen LogP contribution is -2.39. The molecule has 3 rings (SSSR count). The number of carbonyl (C=O) groups excluding carboxylic acids is 1. The van der Waals surface area contributed by atoms with E-state index in [0.29, 0.717) is 6.54 Å². The third kappa shape index (κ3) is 3.64. The lowest BCUT2D eigenvalue weighted by Gasteiger charge is -2.25. The van der Waals surface area contributed by atoms with Crippen molar-refractivity contribution in [2.75, 3.05) is 25.5 Å². The maximum atomic E-state index is 12.5. The molecule has 0 aromatic carbocycles. The number of hydrogen-bond donors (Lipinski definition) is 1. The molecule has 1 fully saturated rings. The molecule has 1 saturated heterocycles. The van der Waals surface area contributed by atoms with E-state index in [4.69, 9.17) is 0 Å². The maximum absolute atomic E-state index is 12.5. The number of aromatic nitrogens is 2. The third-order valence-electron chi connectivity index (χ3n) is 4.32. The van der Waals surface area contributed by atoms with Crippen molar-refractivity contribution in [2.45, 2.75) is 25.4 Å². The van der Waals surface area contributed by atoms with Gasteiger partial charge in [-0.25, -0.2) is 9.78 Å². The van der Waals surface area contributed by atoms with Crippen LogP contribution in [0.2, 0.25) is 0 Å². The standard InChI is InChI=1S/C18H23N5O/c1-22(2)17-6-5-14(12-20-17)13-21-18(24)23-11-3-4-16(23)15-7-9-19-10-8-15/h5-10,12,16H,3-4,11,13H2,1-2H3,(H,21,24)/t16-/m1/s1. The largest absolute Gasteiger partial charge is 0.363 e. The summed E-state index contributed by atoms with van der Waals surface area (Å²) in [6.07, 6.45) is 7.39. The van der Waals surface area contributed by atoms with Gasteiger partial charge in [-0.3, -0.25) is 4.98 Å². The van der Waals surface area contributed by atoms with Gasteiger partial charge in [-0.15, -0.1) is 0 Å². The smallest absolute Gasteiger partial charge is 0.318 e. The van der Waals surface area contributed by atoms with E-state index in [2.05, 4.69) is 15.3 Å². The summed E-state index contributed by atoms with van der Waals surface area (Å²) >= 11 is 0. The van der Waals surface area contributed by atoms with Crippen LogP contribution in [0, 0.1) is 0 Å². The van der Waals surface area contributed by atoms with Crippen LogP contribution < -0.4 is 10.2 Å². The molecule has 1 aliphatic rings. The number of anilines is 1. The van der Waals surface area contributed by atoms with Crippen LogP contribution in [0.3, 0.4) is 0 Å². The fourth-order valence-corrected chi connectivity index (χ4v) is 3.01. The SMILES string of the molecule is CN(C)c1ccc(CNC(=O)N2CCC[C@@H]2c2ccncc2)cn1. The van der Waals surface area contributed by atoms with Crippen molar-refractivity contribution in [2.24, 2.45) is 0 Å². The van der Waals surface area contributed by atoms with Gasteiger partial charge in [-0.1, -0.05) is 6.07 Å². The molecule has 1 N–H and O–H groups in total. The average Bonchev–Trinajstić information content (AvgIpc) is 3.10. The highest BCUT2D eigenvalue weighted by Gasteiger charge is 2.29. The topological polar surface area (TPSA) is 61.4 Å². The summed E-state index contributed by atoms with van der Waals surface area (Å²) in [6.45, 7) is 1.27. The van der Waals surface area contributed by atoms with Crippen LogP contribution in [-0.2, 0) is 6.54 Å². The quantitative estimate of drug-likeness (QED) is 0.938. The van der Waals surface area contributed by atoms with E-state index in [9.17, 15) is 4.79 Å². The summed E-state index contributed by atoms with van der Waals surface area (Å²) in [5.74, 6) is 0.905. The Labute approximate surface area is 142 Å². The highest BCUT2D eigenvalue weighted by atomic mass is 16.2. The molecule has 2 amide bonds. The molecule has 6 nitrogen and oxygen atoms in total. The van der Waals surface area contributed by atoms with E-state index < -0.39 is 0 Å². The highest BCUT2D eigenvalue weighted by Crippen LogP contribution is 2.31. The molecular formula is C18H23N5O. The normalized spacial score (nSPS) is 16.9. The molecule has 0 unspecified atom stereocenters. The molecule has 0 aliphatic carbocycles. The maximum Gasteiger partial charge on any atom is 0.318 e. The minimum absolute atomic E-state index is 0.0222. The van der Waals surface area contributed by atoms with Gasteiger partial charge in [0.25, 0.3) is 0 Å². The Bertz CT molecular complexity index is 672. The summed E-state index contributed by atoms with van der Waals surface area (Å²) in [7, 11) is 3.91. The second-order valence-corrected chi connectivity index (χ2v) is 6.21. The van der Waals surface area contributed by atoms with Crippen molar-refractivity contribution in [1.82, 2.24) is 20.2 Å². The highest BCUT2D eigenvalue weighted by molar-refractivity contribution is 5.75. The summed E-state index contributed by atoms with van der Waals surface area (Å²) in [6, 6.07) is 8.04. The molecular weight excluding hydrogens is 302 g/mol. The van der Waals surface area contributed by atoms with Gasteiger partial charge in [-0.05, 0) is 42.2 Å². The zero-order valence-electron chi connectivity index (χ0n) is 14.1. The molecule has 1 aliphatic heterocycles. The van der Waals surface area contributed by atoms with Gasteiger partial charge < -0.3 is 15.1 Å². The van der Waals surface area contributed by atoms with E-state index in [-0.39, 0.29) is 12.1 Å². The Morgan fingerprint density at radius 3 is 2.75 bits per heavy atom. The Balaban J connectivity index is 1.60.